The monoisotopic (exact) mass is 374 g/mol. The number of hydrazone groups is 1. The quantitative estimate of drug-likeness (QED) is 0.478. The number of amides is 1. The molecule has 2 aromatic carbocycles. The van der Waals surface area contributed by atoms with Gasteiger partial charge in [-0.3, -0.25) is 9.89 Å². The highest BCUT2D eigenvalue weighted by atomic mass is 35.5. The van der Waals surface area contributed by atoms with Gasteiger partial charge in [0.05, 0.1) is 11.9 Å². The molecule has 6 nitrogen and oxygen atoms in total. The first-order chi connectivity index (χ1) is 12.0. The summed E-state index contributed by atoms with van der Waals surface area (Å²) < 4.78 is 0. The van der Waals surface area contributed by atoms with Crippen LogP contribution in [0.2, 0.25) is 10.0 Å². The Hall–Kier alpha value is -2.83. The van der Waals surface area contributed by atoms with Crippen LogP contribution in [0.15, 0.2) is 53.6 Å². The number of phenolic OH excluding ortho intramolecular Hbond substituents is 1. The third-order valence-electron chi connectivity index (χ3n) is 3.29. The minimum Gasteiger partial charge on any atom is -0.507 e. The molecule has 25 heavy (non-hydrogen) atoms. The predicted molar refractivity (Wildman–Crippen MR) is 97.2 cm³/mol. The van der Waals surface area contributed by atoms with Gasteiger partial charge in [-0.25, -0.2) is 5.43 Å². The Morgan fingerprint density at radius 2 is 1.88 bits per heavy atom. The van der Waals surface area contributed by atoms with Crippen molar-refractivity contribution in [1.82, 2.24) is 15.6 Å². The predicted octanol–water partition coefficient (Wildman–Crippen LogP) is 3.85. The molecule has 0 radical (unpaired) electrons. The molecule has 0 aliphatic heterocycles. The first kappa shape index (κ1) is 17.0. The topological polar surface area (TPSA) is 90.4 Å². The number of aromatic hydroxyl groups is 1. The standard InChI is InChI=1S/C17H12Cl2N4O2/c18-12-5-11(6-13(19)7-12)14-8-15(22-21-14)17(25)23-20-9-10-3-1-2-4-16(10)24/h1-9,24H,(H,21,22)(H,23,25)/b20-9-. The smallest absolute Gasteiger partial charge is 0.289 e. The summed E-state index contributed by atoms with van der Waals surface area (Å²) >= 11 is 11.9. The van der Waals surface area contributed by atoms with E-state index >= 15 is 0 Å². The van der Waals surface area contributed by atoms with Crippen molar-refractivity contribution in [3.05, 3.63) is 69.8 Å². The third-order valence-corrected chi connectivity index (χ3v) is 3.72. The van der Waals surface area contributed by atoms with E-state index in [2.05, 4.69) is 20.7 Å². The molecule has 1 heterocycles. The molecule has 0 spiro atoms. The van der Waals surface area contributed by atoms with Gasteiger partial charge in [-0.1, -0.05) is 35.3 Å². The number of benzene rings is 2. The van der Waals surface area contributed by atoms with Gasteiger partial charge in [-0.05, 0) is 36.4 Å². The largest absolute Gasteiger partial charge is 0.507 e. The van der Waals surface area contributed by atoms with Crippen molar-refractivity contribution >= 4 is 35.3 Å². The molecule has 0 atom stereocenters. The molecule has 0 unspecified atom stereocenters. The number of rotatable bonds is 4. The molecule has 0 saturated heterocycles. The number of carbonyl (C=O) groups is 1. The SMILES string of the molecule is O=C(N/N=C\c1ccccc1O)c1cc(-c2cc(Cl)cc(Cl)c2)n[nH]1. The fourth-order valence-corrected chi connectivity index (χ4v) is 2.63. The van der Waals surface area contributed by atoms with E-state index in [-0.39, 0.29) is 11.4 Å². The van der Waals surface area contributed by atoms with E-state index in [0.717, 1.165) is 0 Å². The fourth-order valence-electron chi connectivity index (χ4n) is 2.11. The third kappa shape index (κ3) is 4.17. The van der Waals surface area contributed by atoms with Crippen LogP contribution >= 0.6 is 23.2 Å². The van der Waals surface area contributed by atoms with Crippen LogP contribution in [0.1, 0.15) is 16.1 Å². The van der Waals surface area contributed by atoms with E-state index in [4.69, 9.17) is 23.2 Å². The van der Waals surface area contributed by atoms with Crippen LogP contribution in [0, 0.1) is 0 Å². The van der Waals surface area contributed by atoms with Crippen LogP contribution in [-0.4, -0.2) is 27.4 Å². The van der Waals surface area contributed by atoms with Gasteiger partial charge in [0.15, 0.2) is 0 Å². The van der Waals surface area contributed by atoms with Crippen molar-refractivity contribution in [2.45, 2.75) is 0 Å². The highest BCUT2D eigenvalue weighted by Crippen LogP contribution is 2.26. The number of hydrogen-bond donors (Lipinski definition) is 3. The van der Waals surface area contributed by atoms with E-state index < -0.39 is 5.91 Å². The summed E-state index contributed by atoms with van der Waals surface area (Å²) in [5, 5.41) is 21.1. The Kier molecular flexibility index (Phi) is 5.02. The molecule has 1 aromatic heterocycles. The molecular formula is C17H12Cl2N4O2. The molecule has 3 aromatic rings. The lowest BCUT2D eigenvalue weighted by atomic mass is 10.1. The summed E-state index contributed by atoms with van der Waals surface area (Å²) in [6.07, 6.45) is 1.35. The van der Waals surface area contributed by atoms with Crippen LogP contribution in [0.25, 0.3) is 11.3 Å². The molecule has 3 N–H and O–H groups in total. The Morgan fingerprint density at radius 3 is 2.60 bits per heavy atom. The van der Waals surface area contributed by atoms with Gasteiger partial charge in [0.25, 0.3) is 5.91 Å². The van der Waals surface area contributed by atoms with Gasteiger partial charge in [-0.2, -0.15) is 10.2 Å². The van der Waals surface area contributed by atoms with Crippen molar-refractivity contribution in [1.29, 1.82) is 0 Å². The molecule has 0 fully saturated rings. The van der Waals surface area contributed by atoms with Crippen molar-refractivity contribution in [2.75, 3.05) is 0 Å². The molecule has 8 heteroatoms. The summed E-state index contributed by atoms with van der Waals surface area (Å²) in [6.45, 7) is 0. The average Bonchev–Trinajstić information content (AvgIpc) is 3.06. The number of nitrogens with one attached hydrogen (secondary N) is 2. The number of aromatic nitrogens is 2. The van der Waals surface area contributed by atoms with Crippen molar-refractivity contribution in [3.63, 3.8) is 0 Å². The fraction of sp³-hybridized carbons (Fsp3) is 0. The molecule has 0 aliphatic rings. The van der Waals surface area contributed by atoms with E-state index in [1.54, 1.807) is 42.5 Å². The second-order valence-electron chi connectivity index (χ2n) is 5.08. The molecule has 0 aliphatic carbocycles. The van der Waals surface area contributed by atoms with Crippen LogP contribution in [0.5, 0.6) is 5.75 Å². The maximum atomic E-state index is 12.1. The van der Waals surface area contributed by atoms with Gasteiger partial charge >= 0.3 is 0 Å². The highest BCUT2D eigenvalue weighted by molar-refractivity contribution is 6.35. The van der Waals surface area contributed by atoms with E-state index in [1.807, 2.05) is 0 Å². The number of carbonyl (C=O) groups excluding carboxylic acids is 1. The van der Waals surface area contributed by atoms with Crippen LogP contribution in [0.4, 0.5) is 0 Å². The zero-order valence-corrected chi connectivity index (χ0v) is 14.2. The Morgan fingerprint density at radius 1 is 1.16 bits per heavy atom. The molecule has 0 saturated carbocycles. The number of hydrogen-bond acceptors (Lipinski definition) is 4. The van der Waals surface area contributed by atoms with Crippen molar-refractivity contribution < 1.29 is 9.90 Å². The van der Waals surface area contributed by atoms with Crippen molar-refractivity contribution in [2.24, 2.45) is 5.10 Å². The first-order valence-electron chi connectivity index (χ1n) is 7.16. The number of nitrogens with zero attached hydrogens (tertiary/aromatic N) is 2. The summed E-state index contributed by atoms with van der Waals surface area (Å²) in [5.41, 5.74) is 4.28. The van der Waals surface area contributed by atoms with E-state index in [9.17, 15) is 9.90 Å². The number of phenols is 1. The van der Waals surface area contributed by atoms with Gasteiger partial charge in [0.1, 0.15) is 11.4 Å². The first-order valence-corrected chi connectivity index (χ1v) is 7.92. The highest BCUT2D eigenvalue weighted by Gasteiger charge is 2.11. The number of para-hydroxylation sites is 1. The van der Waals surface area contributed by atoms with Crippen LogP contribution < -0.4 is 5.43 Å². The second-order valence-corrected chi connectivity index (χ2v) is 5.96. The molecule has 3 rings (SSSR count). The lowest BCUT2D eigenvalue weighted by Gasteiger charge is -1.99. The molecule has 0 bridgehead atoms. The Labute approximate surface area is 153 Å². The number of H-pyrrole nitrogens is 1. The Bertz CT molecular complexity index is 933. The lowest BCUT2D eigenvalue weighted by Crippen LogP contribution is -2.18. The van der Waals surface area contributed by atoms with Gasteiger partial charge in [-0.15, -0.1) is 0 Å². The van der Waals surface area contributed by atoms with Gasteiger partial charge < -0.3 is 5.11 Å². The summed E-state index contributed by atoms with van der Waals surface area (Å²) in [6, 6.07) is 13.2. The normalized spacial score (nSPS) is 11.0. The number of halogens is 2. The van der Waals surface area contributed by atoms with Gasteiger partial charge in [0.2, 0.25) is 0 Å². The number of aromatic amines is 1. The Balaban J connectivity index is 1.71. The zero-order valence-electron chi connectivity index (χ0n) is 12.7. The minimum atomic E-state index is -0.474. The van der Waals surface area contributed by atoms with E-state index in [0.29, 0.717) is 26.9 Å². The average molecular weight is 375 g/mol. The lowest BCUT2D eigenvalue weighted by molar-refractivity contribution is 0.0950. The second kappa shape index (κ2) is 7.38. The maximum Gasteiger partial charge on any atom is 0.289 e. The van der Waals surface area contributed by atoms with Crippen LogP contribution in [-0.2, 0) is 0 Å². The minimum absolute atomic E-state index is 0.0714. The van der Waals surface area contributed by atoms with Crippen LogP contribution in [0.3, 0.4) is 0 Å². The molecular weight excluding hydrogens is 363 g/mol. The van der Waals surface area contributed by atoms with Crippen molar-refractivity contribution in [3.8, 4) is 17.0 Å². The van der Waals surface area contributed by atoms with E-state index in [1.165, 1.54) is 12.3 Å². The zero-order chi connectivity index (χ0) is 17.8. The van der Waals surface area contributed by atoms with Gasteiger partial charge in [0, 0.05) is 21.2 Å². The summed E-state index contributed by atoms with van der Waals surface area (Å²) in [4.78, 5) is 12.1. The summed E-state index contributed by atoms with van der Waals surface area (Å²) in [5.74, 6) is -0.402. The maximum absolute atomic E-state index is 12.1. The molecule has 1 amide bonds. The molecule has 126 valence electrons. The summed E-state index contributed by atoms with van der Waals surface area (Å²) in [7, 11) is 0.